The number of hydrogen-bond donors (Lipinski definition) is 1. The van der Waals surface area contributed by atoms with E-state index in [-0.39, 0.29) is 17.2 Å². The van der Waals surface area contributed by atoms with Crippen molar-refractivity contribution < 1.29 is 4.79 Å². The van der Waals surface area contributed by atoms with Crippen molar-refractivity contribution in [3.8, 4) is 0 Å². The zero-order valence-corrected chi connectivity index (χ0v) is 16.7. The van der Waals surface area contributed by atoms with Crippen LogP contribution in [0.1, 0.15) is 34.4 Å². The Morgan fingerprint density at radius 2 is 1.92 bits per heavy atom. The van der Waals surface area contributed by atoms with Crippen LogP contribution in [0.3, 0.4) is 0 Å². The minimum Gasteiger partial charge on any atom is -0.342 e. The first-order valence-corrected chi connectivity index (χ1v) is 10.6. The van der Waals surface area contributed by atoms with Gasteiger partial charge in [0.2, 0.25) is 5.91 Å². The van der Waals surface area contributed by atoms with Crippen LogP contribution in [0.15, 0.2) is 66.2 Å². The number of nitrogens with zero attached hydrogens (tertiary/aromatic N) is 1. The molecule has 0 aliphatic heterocycles. The molecule has 0 aliphatic rings. The number of aromatic nitrogens is 1. The molecule has 1 N–H and O–H groups in total. The van der Waals surface area contributed by atoms with Crippen molar-refractivity contribution in [1.29, 1.82) is 0 Å². The molecule has 2 unspecified atom stereocenters. The van der Waals surface area contributed by atoms with E-state index < -0.39 is 0 Å². The zero-order valence-electron chi connectivity index (χ0n) is 14.3. The van der Waals surface area contributed by atoms with E-state index in [0.29, 0.717) is 5.75 Å². The zero-order chi connectivity index (χ0) is 18.4. The smallest absolute Gasteiger partial charge is 0.230 e. The lowest BCUT2D eigenvalue weighted by Crippen LogP contribution is -2.30. The number of carbonyl (C=O) groups is 1. The van der Waals surface area contributed by atoms with E-state index in [0.717, 1.165) is 21.2 Å². The third-order valence-electron chi connectivity index (χ3n) is 3.94. The molecule has 2 atom stereocenters. The Labute approximate surface area is 166 Å². The molecule has 26 heavy (non-hydrogen) atoms. The summed E-state index contributed by atoms with van der Waals surface area (Å²) in [5.74, 6) is 0.346. The molecule has 3 rings (SSSR count). The molecule has 0 aliphatic carbocycles. The predicted molar refractivity (Wildman–Crippen MR) is 111 cm³/mol. The number of hydrogen-bond acceptors (Lipinski definition) is 4. The summed E-state index contributed by atoms with van der Waals surface area (Å²) in [7, 11) is 0. The first-order valence-electron chi connectivity index (χ1n) is 8.25. The Balaban J connectivity index is 1.64. The van der Waals surface area contributed by atoms with E-state index in [9.17, 15) is 4.79 Å². The Bertz CT molecular complexity index is 840. The first kappa shape index (κ1) is 19.0. The highest BCUT2D eigenvalue weighted by molar-refractivity contribution is 8.00. The standard InChI is InChI=1S/C20H19ClN2OS2/c1-14(16-9-5-6-10-17(16)21)26-13-18(24)23-19(20-22-11-12-25-20)15-7-3-2-4-8-15/h2-12,14,19H,13H2,1H3,(H,23,24). The topological polar surface area (TPSA) is 42.0 Å². The van der Waals surface area contributed by atoms with Crippen LogP contribution in [-0.2, 0) is 4.79 Å². The van der Waals surface area contributed by atoms with Gasteiger partial charge in [-0.15, -0.1) is 23.1 Å². The molecule has 0 saturated carbocycles. The fraction of sp³-hybridized carbons (Fsp3) is 0.200. The second kappa shape index (κ2) is 9.21. The Morgan fingerprint density at radius 3 is 2.62 bits per heavy atom. The van der Waals surface area contributed by atoms with Gasteiger partial charge in [-0.05, 0) is 24.1 Å². The largest absolute Gasteiger partial charge is 0.342 e. The third-order valence-corrected chi connectivity index (χ3v) is 6.31. The SMILES string of the molecule is CC(SCC(=O)NC(c1ccccc1)c1nccs1)c1ccccc1Cl. The number of amides is 1. The summed E-state index contributed by atoms with van der Waals surface area (Å²) in [6.45, 7) is 2.06. The summed E-state index contributed by atoms with van der Waals surface area (Å²) in [6, 6.07) is 17.4. The number of thiazole rings is 1. The molecule has 1 heterocycles. The summed E-state index contributed by atoms with van der Waals surface area (Å²) in [4.78, 5) is 16.9. The molecule has 134 valence electrons. The number of carbonyl (C=O) groups excluding carboxylic acids is 1. The highest BCUT2D eigenvalue weighted by atomic mass is 35.5. The van der Waals surface area contributed by atoms with Crippen molar-refractivity contribution in [1.82, 2.24) is 10.3 Å². The van der Waals surface area contributed by atoms with Crippen LogP contribution in [0.2, 0.25) is 5.02 Å². The number of nitrogens with one attached hydrogen (secondary N) is 1. The maximum Gasteiger partial charge on any atom is 0.230 e. The van der Waals surface area contributed by atoms with Gasteiger partial charge in [0.15, 0.2) is 0 Å². The van der Waals surface area contributed by atoms with E-state index in [1.165, 1.54) is 0 Å². The van der Waals surface area contributed by atoms with Crippen LogP contribution in [0, 0.1) is 0 Å². The van der Waals surface area contributed by atoms with Gasteiger partial charge in [0.05, 0.1) is 5.75 Å². The maximum absolute atomic E-state index is 12.6. The van der Waals surface area contributed by atoms with Crippen molar-refractivity contribution in [2.45, 2.75) is 18.2 Å². The second-order valence-electron chi connectivity index (χ2n) is 5.76. The van der Waals surface area contributed by atoms with E-state index in [4.69, 9.17) is 11.6 Å². The maximum atomic E-state index is 12.6. The van der Waals surface area contributed by atoms with Gasteiger partial charge in [-0.1, -0.05) is 60.1 Å². The molecule has 0 radical (unpaired) electrons. The van der Waals surface area contributed by atoms with Gasteiger partial charge in [-0.3, -0.25) is 4.79 Å². The monoisotopic (exact) mass is 402 g/mol. The molecule has 3 nitrogen and oxygen atoms in total. The van der Waals surface area contributed by atoms with E-state index in [1.54, 1.807) is 29.3 Å². The van der Waals surface area contributed by atoms with Crippen LogP contribution < -0.4 is 5.32 Å². The molecule has 0 bridgehead atoms. The highest BCUT2D eigenvalue weighted by Crippen LogP contribution is 2.33. The number of thioether (sulfide) groups is 1. The van der Waals surface area contributed by atoms with Crippen LogP contribution in [0.5, 0.6) is 0 Å². The van der Waals surface area contributed by atoms with Gasteiger partial charge >= 0.3 is 0 Å². The summed E-state index contributed by atoms with van der Waals surface area (Å²) in [5.41, 5.74) is 2.08. The summed E-state index contributed by atoms with van der Waals surface area (Å²) in [5, 5.41) is 6.79. The van der Waals surface area contributed by atoms with Gasteiger partial charge in [-0.25, -0.2) is 4.98 Å². The highest BCUT2D eigenvalue weighted by Gasteiger charge is 2.20. The molecule has 1 amide bonds. The first-order chi connectivity index (χ1) is 12.6. The van der Waals surface area contributed by atoms with Crippen molar-refractivity contribution in [3.63, 3.8) is 0 Å². The summed E-state index contributed by atoms with van der Waals surface area (Å²) in [6.07, 6.45) is 1.76. The minimum atomic E-state index is -0.222. The molecule has 6 heteroatoms. The van der Waals surface area contributed by atoms with Crippen molar-refractivity contribution >= 4 is 40.6 Å². The van der Waals surface area contributed by atoms with Crippen molar-refractivity contribution in [2.24, 2.45) is 0 Å². The van der Waals surface area contributed by atoms with Gasteiger partial charge < -0.3 is 5.32 Å². The Morgan fingerprint density at radius 1 is 1.19 bits per heavy atom. The Hall–Kier alpha value is -1.82. The van der Waals surface area contributed by atoms with E-state index in [2.05, 4.69) is 17.2 Å². The third kappa shape index (κ3) is 4.87. The van der Waals surface area contributed by atoms with Crippen LogP contribution in [0.4, 0.5) is 0 Å². The van der Waals surface area contributed by atoms with E-state index >= 15 is 0 Å². The predicted octanol–water partition coefficient (Wildman–Crippen LogP) is 5.50. The molecule has 0 spiro atoms. The normalized spacial score (nSPS) is 13.2. The molecular weight excluding hydrogens is 384 g/mol. The van der Waals surface area contributed by atoms with Gasteiger partial charge in [0.25, 0.3) is 0 Å². The number of benzene rings is 2. The van der Waals surface area contributed by atoms with Gasteiger partial charge in [-0.2, -0.15) is 0 Å². The van der Waals surface area contributed by atoms with Crippen LogP contribution >= 0.6 is 34.7 Å². The van der Waals surface area contributed by atoms with E-state index in [1.807, 2.05) is 60.0 Å². The molecule has 0 saturated heterocycles. The molecular formula is C20H19ClN2OS2. The fourth-order valence-electron chi connectivity index (χ4n) is 2.61. The lowest BCUT2D eigenvalue weighted by atomic mass is 10.1. The van der Waals surface area contributed by atoms with Gasteiger partial charge in [0, 0.05) is 21.8 Å². The average molecular weight is 403 g/mol. The summed E-state index contributed by atoms with van der Waals surface area (Å²) < 4.78 is 0. The second-order valence-corrected chi connectivity index (χ2v) is 8.42. The van der Waals surface area contributed by atoms with Crippen molar-refractivity contribution in [2.75, 3.05) is 5.75 Å². The molecule has 0 fully saturated rings. The van der Waals surface area contributed by atoms with Crippen LogP contribution in [0.25, 0.3) is 0 Å². The molecule has 1 aromatic heterocycles. The lowest BCUT2D eigenvalue weighted by Gasteiger charge is -2.18. The number of halogens is 1. The molecule has 3 aromatic rings. The quantitative estimate of drug-likeness (QED) is 0.567. The fourth-order valence-corrected chi connectivity index (χ4v) is 4.56. The Kier molecular flexibility index (Phi) is 6.72. The minimum absolute atomic E-state index is 0.0158. The summed E-state index contributed by atoms with van der Waals surface area (Å²) >= 11 is 9.36. The average Bonchev–Trinajstić information content (AvgIpc) is 3.19. The van der Waals surface area contributed by atoms with Crippen LogP contribution in [-0.4, -0.2) is 16.6 Å². The lowest BCUT2D eigenvalue weighted by molar-refractivity contribution is -0.119. The van der Waals surface area contributed by atoms with Crippen molar-refractivity contribution in [3.05, 3.63) is 87.3 Å². The van der Waals surface area contributed by atoms with Gasteiger partial charge in [0.1, 0.15) is 11.0 Å². The molecule has 2 aromatic carbocycles. The number of rotatable bonds is 7.